The predicted molar refractivity (Wildman–Crippen MR) is 98.0 cm³/mol. The van der Waals surface area contributed by atoms with Gasteiger partial charge in [-0.2, -0.15) is 4.31 Å². The number of imidazole rings is 1. The van der Waals surface area contributed by atoms with Crippen LogP contribution in [0.2, 0.25) is 5.02 Å². The first-order valence-corrected chi connectivity index (χ1v) is 10.2. The summed E-state index contributed by atoms with van der Waals surface area (Å²) in [7, 11) is -3.69. The van der Waals surface area contributed by atoms with Gasteiger partial charge < -0.3 is 9.88 Å². The third-order valence-corrected chi connectivity index (χ3v) is 6.36. The molecule has 2 aromatic rings. The molecule has 1 saturated heterocycles. The first-order chi connectivity index (χ1) is 11.9. The number of aromatic nitrogens is 2. The molecule has 1 aromatic heterocycles. The highest BCUT2D eigenvalue weighted by Gasteiger charge is 2.36. The molecule has 0 spiro atoms. The van der Waals surface area contributed by atoms with Crippen LogP contribution in [0.3, 0.4) is 0 Å². The fraction of sp³-hybridized carbons (Fsp3) is 0.471. The molecule has 3 rings (SSSR count). The molecule has 1 N–H and O–H groups in total. The smallest absolute Gasteiger partial charge is 0.262 e. The topological polar surface area (TPSA) is 67.2 Å². The van der Waals surface area contributed by atoms with Gasteiger partial charge in [0.25, 0.3) is 10.0 Å². The molecular weight excluding hydrogens is 360 g/mol. The van der Waals surface area contributed by atoms with Crippen LogP contribution < -0.4 is 5.32 Å². The standard InChI is InChI=1S/C17H23ClN4O2S/c1-13(2)10-21-11-17(20-12-21)25(23,24)22-8-7-19-9-16(22)14-5-3-4-6-15(14)18/h3-6,11-13,16,19H,7-10H2,1-2H3. The van der Waals surface area contributed by atoms with Gasteiger partial charge in [0.15, 0.2) is 5.03 Å². The Morgan fingerprint density at radius 3 is 2.84 bits per heavy atom. The lowest BCUT2D eigenvalue weighted by atomic mass is 10.1. The van der Waals surface area contributed by atoms with E-state index in [2.05, 4.69) is 24.1 Å². The van der Waals surface area contributed by atoms with Crippen molar-refractivity contribution in [2.45, 2.75) is 31.5 Å². The van der Waals surface area contributed by atoms with E-state index in [1.54, 1.807) is 18.6 Å². The minimum absolute atomic E-state index is 0.0899. The van der Waals surface area contributed by atoms with Crippen LogP contribution in [0.1, 0.15) is 25.5 Å². The van der Waals surface area contributed by atoms with Gasteiger partial charge in [0, 0.05) is 37.4 Å². The molecule has 1 atom stereocenters. The second kappa shape index (κ2) is 7.45. The van der Waals surface area contributed by atoms with Crippen molar-refractivity contribution in [3.05, 3.63) is 47.4 Å². The van der Waals surface area contributed by atoms with E-state index in [1.165, 1.54) is 4.31 Å². The molecule has 25 heavy (non-hydrogen) atoms. The number of nitrogens with zero attached hydrogens (tertiary/aromatic N) is 3. The quantitative estimate of drug-likeness (QED) is 0.862. The Bertz CT molecular complexity index is 835. The first kappa shape index (κ1) is 18.4. The maximum atomic E-state index is 13.2. The van der Waals surface area contributed by atoms with Crippen LogP contribution in [0.4, 0.5) is 0 Å². The summed E-state index contributed by atoms with van der Waals surface area (Å²) < 4.78 is 29.7. The van der Waals surface area contributed by atoms with Crippen LogP contribution in [-0.4, -0.2) is 41.9 Å². The largest absolute Gasteiger partial charge is 0.336 e. The highest BCUT2D eigenvalue weighted by Crippen LogP contribution is 2.32. The third-order valence-electron chi connectivity index (χ3n) is 4.22. The van der Waals surface area contributed by atoms with Crippen LogP contribution in [-0.2, 0) is 16.6 Å². The van der Waals surface area contributed by atoms with Crippen molar-refractivity contribution < 1.29 is 8.42 Å². The molecule has 0 aliphatic carbocycles. The number of benzene rings is 1. The van der Waals surface area contributed by atoms with Gasteiger partial charge in [-0.1, -0.05) is 43.6 Å². The lowest BCUT2D eigenvalue weighted by Crippen LogP contribution is -2.48. The zero-order valence-electron chi connectivity index (χ0n) is 14.4. The van der Waals surface area contributed by atoms with Crippen LogP contribution in [0.15, 0.2) is 41.8 Å². The van der Waals surface area contributed by atoms with E-state index in [0.29, 0.717) is 30.6 Å². The van der Waals surface area contributed by atoms with E-state index < -0.39 is 10.0 Å². The third kappa shape index (κ3) is 3.89. The van der Waals surface area contributed by atoms with Crippen LogP contribution >= 0.6 is 11.6 Å². The number of piperazine rings is 1. The van der Waals surface area contributed by atoms with E-state index in [-0.39, 0.29) is 11.1 Å². The predicted octanol–water partition coefficient (Wildman–Crippen LogP) is 2.53. The Labute approximate surface area is 153 Å². The number of sulfonamides is 1. The summed E-state index contributed by atoms with van der Waals surface area (Å²) in [4.78, 5) is 4.15. The molecule has 1 aliphatic rings. The van der Waals surface area contributed by atoms with E-state index in [0.717, 1.165) is 12.1 Å². The molecule has 136 valence electrons. The van der Waals surface area contributed by atoms with E-state index in [4.69, 9.17) is 11.6 Å². The molecule has 6 nitrogen and oxygen atoms in total. The minimum atomic E-state index is -3.69. The molecule has 0 amide bonds. The molecule has 1 unspecified atom stereocenters. The lowest BCUT2D eigenvalue weighted by Gasteiger charge is -2.35. The van der Waals surface area contributed by atoms with Crippen molar-refractivity contribution >= 4 is 21.6 Å². The molecule has 8 heteroatoms. The Balaban J connectivity index is 1.94. The summed E-state index contributed by atoms with van der Waals surface area (Å²) in [5, 5.41) is 3.92. The molecule has 2 heterocycles. The van der Waals surface area contributed by atoms with Crippen molar-refractivity contribution in [3.63, 3.8) is 0 Å². The van der Waals surface area contributed by atoms with Gasteiger partial charge in [-0.3, -0.25) is 0 Å². The zero-order valence-corrected chi connectivity index (χ0v) is 16.0. The fourth-order valence-corrected chi connectivity index (χ4v) is 4.90. The van der Waals surface area contributed by atoms with Gasteiger partial charge in [-0.05, 0) is 17.5 Å². The van der Waals surface area contributed by atoms with Gasteiger partial charge in [0.1, 0.15) is 0 Å². The molecule has 0 radical (unpaired) electrons. The number of rotatable bonds is 5. The second-order valence-electron chi connectivity index (χ2n) is 6.66. The molecular formula is C17H23ClN4O2S. The van der Waals surface area contributed by atoms with Crippen molar-refractivity contribution in [3.8, 4) is 0 Å². The van der Waals surface area contributed by atoms with Crippen molar-refractivity contribution in [1.82, 2.24) is 19.2 Å². The first-order valence-electron chi connectivity index (χ1n) is 8.38. The maximum Gasteiger partial charge on any atom is 0.262 e. The zero-order chi connectivity index (χ0) is 18.0. The summed E-state index contributed by atoms with van der Waals surface area (Å²) in [6, 6.07) is 7.03. The van der Waals surface area contributed by atoms with Gasteiger partial charge in [-0.25, -0.2) is 13.4 Å². The fourth-order valence-electron chi connectivity index (χ4n) is 3.10. The van der Waals surface area contributed by atoms with Crippen molar-refractivity contribution in [2.75, 3.05) is 19.6 Å². The Morgan fingerprint density at radius 1 is 1.36 bits per heavy atom. The molecule has 0 bridgehead atoms. The van der Waals surface area contributed by atoms with Crippen LogP contribution in [0, 0.1) is 5.92 Å². The minimum Gasteiger partial charge on any atom is -0.336 e. The van der Waals surface area contributed by atoms with Gasteiger partial charge in [0.2, 0.25) is 0 Å². The van der Waals surface area contributed by atoms with Crippen molar-refractivity contribution in [2.24, 2.45) is 5.92 Å². The average molecular weight is 383 g/mol. The summed E-state index contributed by atoms with van der Waals surface area (Å²) in [5.41, 5.74) is 0.807. The second-order valence-corrected chi connectivity index (χ2v) is 8.90. The van der Waals surface area contributed by atoms with Crippen LogP contribution in [0.25, 0.3) is 0 Å². The summed E-state index contributed by atoms with van der Waals surface area (Å²) >= 11 is 6.31. The van der Waals surface area contributed by atoms with Gasteiger partial charge in [-0.15, -0.1) is 0 Å². The molecule has 1 aliphatic heterocycles. The molecule has 0 saturated carbocycles. The van der Waals surface area contributed by atoms with Gasteiger partial charge >= 0.3 is 0 Å². The normalized spacial score (nSPS) is 19.4. The SMILES string of the molecule is CC(C)Cn1cnc(S(=O)(=O)N2CCNCC2c2ccccc2Cl)c1. The monoisotopic (exact) mass is 382 g/mol. The van der Waals surface area contributed by atoms with Crippen LogP contribution in [0.5, 0.6) is 0 Å². The highest BCUT2D eigenvalue weighted by molar-refractivity contribution is 7.89. The van der Waals surface area contributed by atoms with E-state index in [9.17, 15) is 8.42 Å². The summed E-state index contributed by atoms with van der Waals surface area (Å²) in [5.74, 6) is 0.416. The van der Waals surface area contributed by atoms with E-state index in [1.807, 2.05) is 22.8 Å². The van der Waals surface area contributed by atoms with E-state index >= 15 is 0 Å². The number of hydrogen-bond donors (Lipinski definition) is 1. The summed E-state index contributed by atoms with van der Waals surface area (Å²) in [6.45, 7) is 6.41. The lowest BCUT2D eigenvalue weighted by molar-refractivity contribution is 0.271. The summed E-state index contributed by atoms with van der Waals surface area (Å²) in [6.07, 6.45) is 3.20. The Morgan fingerprint density at radius 2 is 2.12 bits per heavy atom. The Kier molecular flexibility index (Phi) is 5.48. The van der Waals surface area contributed by atoms with Crippen molar-refractivity contribution in [1.29, 1.82) is 0 Å². The highest BCUT2D eigenvalue weighted by atomic mass is 35.5. The number of nitrogens with one attached hydrogen (secondary N) is 1. The molecule has 1 aromatic carbocycles. The maximum absolute atomic E-state index is 13.2. The average Bonchev–Trinajstić information content (AvgIpc) is 3.04. The van der Waals surface area contributed by atoms with Gasteiger partial charge in [0.05, 0.1) is 12.4 Å². The Hall–Kier alpha value is -1.41. The molecule has 1 fully saturated rings. The number of halogens is 1. The number of hydrogen-bond acceptors (Lipinski definition) is 4.